The second-order valence-corrected chi connectivity index (χ2v) is 9.44. The topological polar surface area (TPSA) is 34.0 Å². The van der Waals surface area contributed by atoms with Gasteiger partial charge < -0.3 is 9.88 Å². The zero-order valence-electron chi connectivity index (χ0n) is 19.6. The zero-order chi connectivity index (χ0) is 22.8. The van der Waals surface area contributed by atoms with Gasteiger partial charge >= 0.3 is 0 Å². The first-order chi connectivity index (χ1) is 16.1. The second-order valence-electron chi connectivity index (χ2n) is 9.44. The number of nitrogens with one attached hydrogen (secondary N) is 1. The van der Waals surface area contributed by atoms with Gasteiger partial charge in [-0.05, 0) is 73.4 Å². The van der Waals surface area contributed by atoms with Crippen LogP contribution >= 0.6 is 0 Å². The van der Waals surface area contributed by atoms with Gasteiger partial charge in [0.05, 0.1) is 6.04 Å². The van der Waals surface area contributed by atoms with E-state index in [9.17, 15) is 4.79 Å². The summed E-state index contributed by atoms with van der Waals surface area (Å²) in [5.41, 5.74) is 9.09. The minimum atomic E-state index is 0.142. The standard InChI is InChI=1S/C30H32N2O/c1-21-14-15-22(2)25(18-21)20-32-19-24(27-11-5-6-13-29(27)32)16-17-30(33)31-28-12-7-9-23-8-3-4-10-26(23)28/h3-6,8,10-11,13-15,18-19,28H,7,9,12,16-17,20H2,1-2H3,(H,31,33)/t28-/m1/s1. The van der Waals surface area contributed by atoms with Crippen molar-refractivity contribution < 1.29 is 4.79 Å². The molecule has 1 aromatic heterocycles. The molecule has 168 valence electrons. The molecule has 1 amide bonds. The smallest absolute Gasteiger partial charge is 0.220 e. The highest BCUT2D eigenvalue weighted by molar-refractivity contribution is 5.85. The maximum absolute atomic E-state index is 12.9. The number of nitrogens with zero attached hydrogens (tertiary/aromatic N) is 1. The summed E-state index contributed by atoms with van der Waals surface area (Å²) in [6, 6.07) is 23.9. The van der Waals surface area contributed by atoms with Gasteiger partial charge in [-0.3, -0.25) is 4.79 Å². The van der Waals surface area contributed by atoms with Crippen LogP contribution in [0.15, 0.2) is 72.9 Å². The quantitative estimate of drug-likeness (QED) is 0.371. The number of aromatic nitrogens is 1. The van der Waals surface area contributed by atoms with E-state index in [-0.39, 0.29) is 11.9 Å². The molecule has 1 aliphatic carbocycles. The van der Waals surface area contributed by atoms with Crippen LogP contribution in [0.4, 0.5) is 0 Å². The molecule has 0 aliphatic heterocycles. The molecule has 3 aromatic carbocycles. The molecule has 33 heavy (non-hydrogen) atoms. The Bertz CT molecular complexity index is 1300. The summed E-state index contributed by atoms with van der Waals surface area (Å²) in [6.45, 7) is 5.17. The Morgan fingerprint density at radius 1 is 1.00 bits per heavy atom. The lowest BCUT2D eigenvalue weighted by Crippen LogP contribution is -2.31. The molecule has 1 N–H and O–H groups in total. The fraction of sp³-hybridized carbons (Fsp3) is 0.300. The highest BCUT2D eigenvalue weighted by Gasteiger charge is 2.21. The van der Waals surface area contributed by atoms with Crippen molar-refractivity contribution in [3.8, 4) is 0 Å². The van der Waals surface area contributed by atoms with E-state index in [1.165, 1.54) is 44.3 Å². The van der Waals surface area contributed by atoms with E-state index >= 15 is 0 Å². The summed E-state index contributed by atoms with van der Waals surface area (Å²) in [5.74, 6) is 0.142. The molecule has 3 nitrogen and oxygen atoms in total. The molecule has 5 rings (SSSR count). The number of para-hydroxylation sites is 1. The summed E-state index contributed by atoms with van der Waals surface area (Å²) in [5, 5.41) is 4.56. The summed E-state index contributed by atoms with van der Waals surface area (Å²) in [7, 11) is 0. The lowest BCUT2D eigenvalue weighted by molar-refractivity contribution is -0.121. The molecule has 0 radical (unpaired) electrons. The molecule has 1 atom stereocenters. The Morgan fingerprint density at radius 2 is 1.82 bits per heavy atom. The number of carbonyl (C=O) groups is 1. The number of benzene rings is 3. The lowest BCUT2D eigenvalue weighted by atomic mass is 9.87. The summed E-state index contributed by atoms with van der Waals surface area (Å²) < 4.78 is 2.34. The minimum absolute atomic E-state index is 0.142. The van der Waals surface area contributed by atoms with Crippen LogP contribution < -0.4 is 5.32 Å². The molecule has 0 fully saturated rings. The van der Waals surface area contributed by atoms with Gasteiger partial charge in [0.2, 0.25) is 5.91 Å². The number of fused-ring (bicyclic) bond motifs is 2. The van der Waals surface area contributed by atoms with Crippen molar-refractivity contribution in [2.75, 3.05) is 0 Å². The van der Waals surface area contributed by atoms with Gasteiger partial charge in [-0.15, -0.1) is 0 Å². The Balaban J connectivity index is 1.32. The lowest BCUT2D eigenvalue weighted by Gasteiger charge is -2.26. The van der Waals surface area contributed by atoms with E-state index in [2.05, 4.69) is 96.7 Å². The van der Waals surface area contributed by atoms with Crippen LogP contribution in [-0.4, -0.2) is 10.5 Å². The Morgan fingerprint density at radius 3 is 2.73 bits per heavy atom. The molecule has 0 saturated carbocycles. The molecule has 1 aliphatic rings. The van der Waals surface area contributed by atoms with Crippen LogP contribution in [-0.2, 0) is 24.2 Å². The van der Waals surface area contributed by atoms with Crippen molar-refractivity contribution >= 4 is 16.8 Å². The number of hydrogen-bond donors (Lipinski definition) is 1. The van der Waals surface area contributed by atoms with Gasteiger partial charge in [0.25, 0.3) is 0 Å². The van der Waals surface area contributed by atoms with Crippen molar-refractivity contribution in [3.63, 3.8) is 0 Å². The first-order valence-electron chi connectivity index (χ1n) is 12.1. The predicted octanol–water partition coefficient (Wildman–Crippen LogP) is 6.43. The molecule has 1 heterocycles. The van der Waals surface area contributed by atoms with Crippen LogP contribution in [0.1, 0.15) is 58.7 Å². The highest BCUT2D eigenvalue weighted by Crippen LogP contribution is 2.30. The highest BCUT2D eigenvalue weighted by atomic mass is 16.1. The van der Waals surface area contributed by atoms with Crippen molar-refractivity contribution in [1.82, 2.24) is 9.88 Å². The molecular weight excluding hydrogens is 404 g/mol. The van der Waals surface area contributed by atoms with Crippen LogP contribution in [0.5, 0.6) is 0 Å². The third-order valence-electron chi connectivity index (χ3n) is 7.04. The average Bonchev–Trinajstić information content (AvgIpc) is 3.18. The minimum Gasteiger partial charge on any atom is -0.349 e. The molecule has 0 spiro atoms. The molecular formula is C30H32N2O. The molecule has 0 saturated heterocycles. The maximum Gasteiger partial charge on any atom is 0.220 e. The SMILES string of the molecule is Cc1ccc(C)c(Cn2cc(CCC(=O)N[C@@H]3CCCc4ccccc43)c3ccccc32)c1. The summed E-state index contributed by atoms with van der Waals surface area (Å²) in [4.78, 5) is 12.9. The number of hydrogen-bond acceptors (Lipinski definition) is 1. The molecule has 0 bridgehead atoms. The van der Waals surface area contributed by atoms with Crippen LogP contribution in [0.25, 0.3) is 10.9 Å². The fourth-order valence-electron chi connectivity index (χ4n) is 5.23. The fourth-order valence-corrected chi connectivity index (χ4v) is 5.23. The third-order valence-corrected chi connectivity index (χ3v) is 7.04. The average molecular weight is 437 g/mol. The number of aryl methyl sites for hydroxylation is 4. The van der Waals surface area contributed by atoms with E-state index in [0.717, 1.165) is 32.2 Å². The van der Waals surface area contributed by atoms with Gasteiger partial charge in [0.15, 0.2) is 0 Å². The van der Waals surface area contributed by atoms with Crippen molar-refractivity contribution in [1.29, 1.82) is 0 Å². The van der Waals surface area contributed by atoms with Crippen molar-refractivity contribution in [2.45, 2.75) is 58.5 Å². The predicted molar refractivity (Wildman–Crippen MR) is 136 cm³/mol. The van der Waals surface area contributed by atoms with E-state index in [0.29, 0.717) is 6.42 Å². The summed E-state index contributed by atoms with van der Waals surface area (Å²) in [6.07, 6.45) is 6.78. The third kappa shape index (κ3) is 4.59. The van der Waals surface area contributed by atoms with Crippen molar-refractivity contribution in [2.24, 2.45) is 0 Å². The maximum atomic E-state index is 12.9. The largest absolute Gasteiger partial charge is 0.349 e. The Kier molecular flexibility index (Phi) is 6.04. The zero-order valence-corrected chi connectivity index (χ0v) is 19.6. The number of carbonyl (C=O) groups excluding carboxylic acids is 1. The van der Waals surface area contributed by atoms with Crippen molar-refractivity contribution in [3.05, 3.63) is 106 Å². The van der Waals surface area contributed by atoms with Crippen LogP contribution in [0, 0.1) is 13.8 Å². The summed E-state index contributed by atoms with van der Waals surface area (Å²) >= 11 is 0. The number of amides is 1. The van der Waals surface area contributed by atoms with E-state index in [1.807, 2.05) is 0 Å². The normalized spacial score (nSPS) is 15.4. The first kappa shape index (κ1) is 21.5. The number of rotatable bonds is 6. The second kappa shape index (κ2) is 9.27. The van der Waals surface area contributed by atoms with Gasteiger partial charge in [-0.25, -0.2) is 0 Å². The Labute approximate surface area is 196 Å². The Hall–Kier alpha value is -3.33. The van der Waals surface area contributed by atoms with E-state index in [1.54, 1.807) is 0 Å². The molecule has 3 heteroatoms. The van der Waals surface area contributed by atoms with Gasteiger partial charge in [0.1, 0.15) is 0 Å². The monoisotopic (exact) mass is 436 g/mol. The molecule has 0 unspecified atom stereocenters. The van der Waals surface area contributed by atoms with Crippen LogP contribution in [0.2, 0.25) is 0 Å². The van der Waals surface area contributed by atoms with Gasteiger partial charge in [-0.1, -0.05) is 66.2 Å². The van der Waals surface area contributed by atoms with Gasteiger partial charge in [-0.2, -0.15) is 0 Å². The van der Waals surface area contributed by atoms with Crippen LogP contribution in [0.3, 0.4) is 0 Å². The molecule has 4 aromatic rings. The van der Waals surface area contributed by atoms with E-state index in [4.69, 9.17) is 0 Å². The van der Waals surface area contributed by atoms with E-state index < -0.39 is 0 Å². The van der Waals surface area contributed by atoms with Gasteiger partial charge in [0, 0.05) is 30.1 Å². The first-order valence-corrected chi connectivity index (χ1v) is 12.1.